The van der Waals surface area contributed by atoms with Gasteiger partial charge in [0.1, 0.15) is 0 Å². The summed E-state index contributed by atoms with van der Waals surface area (Å²) in [6.45, 7) is 12.9. The molecule has 0 spiro atoms. The Morgan fingerprint density at radius 3 is 2.50 bits per heavy atom. The normalized spacial score (nSPS) is 14.5. The minimum atomic E-state index is 0.205. The van der Waals surface area contributed by atoms with Crippen molar-refractivity contribution in [2.24, 2.45) is 0 Å². The summed E-state index contributed by atoms with van der Waals surface area (Å²) in [7, 11) is 0. The fourth-order valence-corrected chi connectivity index (χ4v) is 2.81. The smallest absolute Gasteiger partial charge is 0.0847 e. The molecule has 2 unspecified atom stereocenters. The van der Waals surface area contributed by atoms with Crippen molar-refractivity contribution in [2.75, 3.05) is 13.2 Å². The highest BCUT2D eigenvalue weighted by Gasteiger charge is 2.23. The molecule has 1 aromatic rings. The molecule has 0 aliphatic heterocycles. The number of aryl methyl sites for hydroxylation is 2. The predicted molar refractivity (Wildman–Crippen MR) is 84.5 cm³/mol. The lowest BCUT2D eigenvalue weighted by Crippen LogP contribution is -2.43. The molecule has 0 radical (unpaired) electrons. The second kappa shape index (κ2) is 8.65. The minimum Gasteiger partial charge on any atom is -0.377 e. The molecule has 116 valence electrons. The van der Waals surface area contributed by atoms with Gasteiger partial charge in [0.15, 0.2) is 0 Å². The van der Waals surface area contributed by atoms with E-state index in [1.165, 1.54) is 0 Å². The van der Waals surface area contributed by atoms with Gasteiger partial charge >= 0.3 is 0 Å². The third-order valence-electron chi connectivity index (χ3n) is 3.56. The van der Waals surface area contributed by atoms with Crippen LogP contribution in [0.1, 0.15) is 45.5 Å². The van der Waals surface area contributed by atoms with E-state index in [1.54, 1.807) is 0 Å². The number of halogens is 1. The van der Waals surface area contributed by atoms with Gasteiger partial charge < -0.3 is 10.1 Å². The van der Waals surface area contributed by atoms with E-state index in [2.05, 4.69) is 31.2 Å². The SMILES string of the molecule is CCNC(Cc1c(Cl)c(C)nn1CC)C(CC)OCC. The van der Waals surface area contributed by atoms with E-state index >= 15 is 0 Å². The molecule has 1 N–H and O–H groups in total. The summed E-state index contributed by atoms with van der Waals surface area (Å²) in [4.78, 5) is 0. The lowest BCUT2D eigenvalue weighted by molar-refractivity contribution is 0.0318. The number of likely N-dealkylation sites (N-methyl/N-ethyl adjacent to an activating group) is 1. The zero-order valence-corrected chi connectivity index (χ0v) is 14.1. The van der Waals surface area contributed by atoms with Gasteiger partial charge in [0.05, 0.1) is 22.5 Å². The fraction of sp³-hybridized carbons (Fsp3) is 0.800. The molecule has 0 fully saturated rings. The molecule has 20 heavy (non-hydrogen) atoms. The van der Waals surface area contributed by atoms with Crippen LogP contribution in [-0.4, -0.2) is 35.1 Å². The van der Waals surface area contributed by atoms with Crippen LogP contribution in [-0.2, 0) is 17.7 Å². The van der Waals surface area contributed by atoms with Gasteiger partial charge in [0.25, 0.3) is 0 Å². The topological polar surface area (TPSA) is 39.1 Å². The number of hydrogen-bond acceptors (Lipinski definition) is 3. The summed E-state index contributed by atoms with van der Waals surface area (Å²) in [5, 5.41) is 8.81. The molecule has 4 nitrogen and oxygen atoms in total. The molecule has 0 saturated carbocycles. The number of hydrogen-bond donors (Lipinski definition) is 1. The molecule has 0 aromatic carbocycles. The highest BCUT2D eigenvalue weighted by atomic mass is 35.5. The largest absolute Gasteiger partial charge is 0.377 e. The number of rotatable bonds is 9. The Balaban J connectivity index is 2.94. The number of ether oxygens (including phenoxy) is 1. The summed E-state index contributed by atoms with van der Waals surface area (Å²) in [6.07, 6.45) is 2.04. The standard InChI is InChI=1S/C15H28ClN3O/c1-6-14(20-9-4)12(17-7-2)10-13-15(16)11(5)18-19(13)8-3/h12,14,17H,6-10H2,1-5H3. The molecule has 0 bridgehead atoms. The van der Waals surface area contributed by atoms with Crippen LogP contribution in [0.15, 0.2) is 0 Å². The van der Waals surface area contributed by atoms with Gasteiger partial charge in [0.2, 0.25) is 0 Å². The molecule has 1 rings (SSSR count). The summed E-state index contributed by atoms with van der Waals surface area (Å²) in [5.41, 5.74) is 2.01. The number of nitrogens with zero attached hydrogens (tertiary/aromatic N) is 2. The maximum Gasteiger partial charge on any atom is 0.0847 e. The Kier molecular flexibility index (Phi) is 7.56. The zero-order chi connectivity index (χ0) is 15.1. The van der Waals surface area contributed by atoms with Crippen molar-refractivity contribution < 1.29 is 4.74 Å². The van der Waals surface area contributed by atoms with Crippen molar-refractivity contribution in [3.63, 3.8) is 0 Å². The van der Waals surface area contributed by atoms with Crippen LogP contribution in [0.2, 0.25) is 5.02 Å². The van der Waals surface area contributed by atoms with E-state index in [0.29, 0.717) is 0 Å². The van der Waals surface area contributed by atoms with Gasteiger partial charge in [-0.3, -0.25) is 4.68 Å². The molecule has 1 heterocycles. The Labute approximate surface area is 127 Å². The quantitative estimate of drug-likeness (QED) is 0.761. The molecule has 0 saturated heterocycles. The molecular formula is C15H28ClN3O. The van der Waals surface area contributed by atoms with E-state index in [0.717, 1.165) is 48.9 Å². The summed E-state index contributed by atoms with van der Waals surface area (Å²) < 4.78 is 7.86. The van der Waals surface area contributed by atoms with Gasteiger partial charge in [-0.05, 0) is 33.7 Å². The maximum atomic E-state index is 6.41. The van der Waals surface area contributed by atoms with E-state index in [9.17, 15) is 0 Å². The first kappa shape index (κ1) is 17.5. The molecule has 2 atom stereocenters. The molecular weight excluding hydrogens is 274 g/mol. The van der Waals surface area contributed by atoms with E-state index in [1.807, 2.05) is 18.5 Å². The van der Waals surface area contributed by atoms with Crippen LogP contribution in [0, 0.1) is 6.92 Å². The zero-order valence-electron chi connectivity index (χ0n) is 13.4. The predicted octanol–water partition coefficient (Wildman–Crippen LogP) is 3.20. The number of aromatic nitrogens is 2. The van der Waals surface area contributed by atoms with Crippen LogP contribution >= 0.6 is 11.6 Å². The highest BCUT2D eigenvalue weighted by molar-refractivity contribution is 6.31. The Hall–Kier alpha value is -0.580. The van der Waals surface area contributed by atoms with E-state index in [-0.39, 0.29) is 12.1 Å². The fourth-order valence-electron chi connectivity index (χ4n) is 2.60. The van der Waals surface area contributed by atoms with Crippen LogP contribution < -0.4 is 5.32 Å². The summed E-state index contributed by atoms with van der Waals surface area (Å²) in [5.74, 6) is 0. The third kappa shape index (κ3) is 4.21. The highest BCUT2D eigenvalue weighted by Crippen LogP contribution is 2.23. The van der Waals surface area contributed by atoms with Crippen molar-refractivity contribution in [1.82, 2.24) is 15.1 Å². The molecule has 0 amide bonds. The Morgan fingerprint density at radius 2 is 2.00 bits per heavy atom. The van der Waals surface area contributed by atoms with Crippen molar-refractivity contribution in [2.45, 2.75) is 66.2 Å². The molecule has 1 aromatic heterocycles. The van der Waals surface area contributed by atoms with E-state index < -0.39 is 0 Å². The summed E-state index contributed by atoms with van der Waals surface area (Å²) in [6, 6.07) is 0.267. The van der Waals surface area contributed by atoms with Crippen LogP contribution in [0.25, 0.3) is 0 Å². The van der Waals surface area contributed by atoms with Gasteiger partial charge in [-0.2, -0.15) is 5.10 Å². The molecule has 5 heteroatoms. The first-order valence-corrected chi connectivity index (χ1v) is 8.03. The summed E-state index contributed by atoms with van der Waals surface area (Å²) >= 11 is 6.41. The van der Waals surface area contributed by atoms with E-state index in [4.69, 9.17) is 16.3 Å². The average Bonchev–Trinajstić information content (AvgIpc) is 2.72. The van der Waals surface area contributed by atoms with Crippen LogP contribution in [0.5, 0.6) is 0 Å². The molecule has 0 aliphatic carbocycles. The Morgan fingerprint density at radius 1 is 1.30 bits per heavy atom. The van der Waals surface area contributed by atoms with Crippen molar-refractivity contribution >= 4 is 11.6 Å². The van der Waals surface area contributed by atoms with Crippen molar-refractivity contribution in [3.05, 3.63) is 16.4 Å². The van der Waals surface area contributed by atoms with Gasteiger partial charge in [-0.15, -0.1) is 0 Å². The van der Waals surface area contributed by atoms with Crippen LogP contribution in [0.3, 0.4) is 0 Å². The monoisotopic (exact) mass is 301 g/mol. The first-order chi connectivity index (χ1) is 9.58. The third-order valence-corrected chi connectivity index (χ3v) is 4.06. The Bertz CT molecular complexity index is 406. The van der Waals surface area contributed by atoms with Gasteiger partial charge in [-0.1, -0.05) is 25.4 Å². The maximum absolute atomic E-state index is 6.41. The second-order valence-corrected chi connectivity index (χ2v) is 5.31. The minimum absolute atomic E-state index is 0.205. The van der Waals surface area contributed by atoms with Crippen LogP contribution in [0.4, 0.5) is 0 Å². The molecule has 0 aliphatic rings. The average molecular weight is 302 g/mol. The number of nitrogens with one attached hydrogen (secondary N) is 1. The first-order valence-electron chi connectivity index (χ1n) is 7.65. The van der Waals surface area contributed by atoms with Crippen molar-refractivity contribution in [3.8, 4) is 0 Å². The lowest BCUT2D eigenvalue weighted by atomic mass is 10.0. The van der Waals surface area contributed by atoms with Crippen molar-refractivity contribution in [1.29, 1.82) is 0 Å². The lowest BCUT2D eigenvalue weighted by Gasteiger charge is -2.27. The van der Waals surface area contributed by atoms with Gasteiger partial charge in [0, 0.05) is 25.6 Å². The second-order valence-electron chi connectivity index (χ2n) is 4.93. The van der Waals surface area contributed by atoms with Gasteiger partial charge in [-0.25, -0.2) is 0 Å².